The SMILES string of the molecule is CC1=C[C@@H](C)[C@H]2C(=O)N(O)C(=O)[C@@H]2C1. The summed E-state index contributed by atoms with van der Waals surface area (Å²) in [6.45, 7) is 3.86. The molecule has 14 heavy (non-hydrogen) atoms. The Labute approximate surface area is 82.2 Å². The van der Waals surface area contributed by atoms with Gasteiger partial charge in [-0.1, -0.05) is 18.6 Å². The van der Waals surface area contributed by atoms with E-state index in [9.17, 15) is 14.8 Å². The van der Waals surface area contributed by atoms with Crippen molar-refractivity contribution >= 4 is 11.8 Å². The first kappa shape index (κ1) is 9.40. The van der Waals surface area contributed by atoms with Crippen LogP contribution in [0.5, 0.6) is 0 Å². The van der Waals surface area contributed by atoms with Crippen molar-refractivity contribution in [2.75, 3.05) is 0 Å². The molecule has 1 aliphatic heterocycles. The first-order valence-electron chi connectivity index (χ1n) is 4.76. The van der Waals surface area contributed by atoms with Gasteiger partial charge in [-0.3, -0.25) is 14.8 Å². The highest BCUT2D eigenvalue weighted by Gasteiger charge is 2.50. The van der Waals surface area contributed by atoms with Gasteiger partial charge in [-0.05, 0) is 19.3 Å². The number of fused-ring (bicyclic) bond motifs is 1. The molecule has 1 heterocycles. The second-order valence-corrected chi connectivity index (χ2v) is 4.20. The first-order chi connectivity index (χ1) is 6.52. The van der Waals surface area contributed by atoms with Gasteiger partial charge < -0.3 is 0 Å². The Balaban J connectivity index is 2.37. The van der Waals surface area contributed by atoms with E-state index < -0.39 is 11.8 Å². The summed E-state index contributed by atoms with van der Waals surface area (Å²) in [6, 6.07) is 0. The number of imide groups is 1. The van der Waals surface area contributed by atoms with E-state index in [1.54, 1.807) is 0 Å². The van der Waals surface area contributed by atoms with Crippen molar-refractivity contribution in [2.24, 2.45) is 17.8 Å². The standard InChI is InChI=1S/C10H13NO3/c1-5-3-6(2)8-7(4-5)9(12)11(14)10(8)13/h3,6-8,14H,4H2,1-2H3/t6-,7-,8-/m1/s1. The third kappa shape index (κ3) is 1.10. The van der Waals surface area contributed by atoms with Crippen LogP contribution in [-0.4, -0.2) is 22.1 Å². The van der Waals surface area contributed by atoms with Gasteiger partial charge in [0.1, 0.15) is 0 Å². The predicted octanol–water partition coefficient (Wildman–Crippen LogP) is 0.963. The van der Waals surface area contributed by atoms with Crippen LogP contribution in [-0.2, 0) is 9.59 Å². The minimum atomic E-state index is -0.448. The van der Waals surface area contributed by atoms with Crippen molar-refractivity contribution in [3.05, 3.63) is 11.6 Å². The molecule has 0 radical (unpaired) electrons. The maximum absolute atomic E-state index is 11.5. The lowest BCUT2D eigenvalue weighted by atomic mass is 9.76. The molecule has 1 fully saturated rings. The fraction of sp³-hybridized carbons (Fsp3) is 0.600. The molecule has 1 N–H and O–H groups in total. The molecule has 0 saturated carbocycles. The molecular weight excluding hydrogens is 182 g/mol. The smallest absolute Gasteiger partial charge is 0.257 e. The number of amides is 2. The molecule has 2 amide bonds. The van der Waals surface area contributed by atoms with Gasteiger partial charge in [0.15, 0.2) is 0 Å². The third-order valence-corrected chi connectivity index (χ3v) is 3.11. The molecule has 4 heteroatoms. The summed E-state index contributed by atoms with van der Waals surface area (Å²) < 4.78 is 0. The Bertz CT molecular complexity index is 334. The molecule has 3 atom stereocenters. The predicted molar refractivity (Wildman–Crippen MR) is 48.2 cm³/mol. The van der Waals surface area contributed by atoms with E-state index in [1.807, 2.05) is 19.9 Å². The molecule has 1 aliphatic carbocycles. The Hall–Kier alpha value is -1.16. The van der Waals surface area contributed by atoms with Crippen LogP contribution in [0.2, 0.25) is 0 Å². The van der Waals surface area contributed by atoms with E-state index in [-0.39, 0.29) is 22.8 Å². The second kappa shape index (κ2) is 2.92. The van der Waals surface area contributed by atoms with Gasteiger partial charge >= 0.3 is 0 Å². The maximum Gasteiger partial charge on any atom is 0.257 e. The van der Waals surface area contributed by atoms with Gasteiger partial charge in [-0.25, -0.2) is 0 Å². The minimum absolute atomic E-state index is 0.0438. The molecule has 0 bridgehead atoms. The van der Waals surface area contributed by atoms with Gasteiger partial charge in [-0.15, -0.1) is 0 Å². The van der Waals surface area contributed by atoms with Crippen molar-refractivity contribution in [1.82, 2.24) is 5.06 Å². The van der Waals surface area contributed by atoms with Crippen LogP contribution in [0.1, 0.15) is 20.3 Å². The summed E-state index contributed by atoms with van der Waals surface area (Å²) >= 11 is 0. The number of hydrogen-bond acceptors (Lipinski definition) is 3. The Morgan fingerprint density at radius 1 is 1.43 bits per heavy atom. The lowest BCUT2D eigenvalue weighted by molar-refractivity contribution is -0.173. The zero-order valence-corrected chi connectivity index (χ0v) is 8.23. The van der Waals surface area contributed by atoms with Crippen molar-refractivity contribution in [1.29, 1.82) is 0 Å². The molecule has 4 nitrogen and oxygen atoms in total. The topological polar surface area (TPSA) is 57.6 Å². The summed E-state index contributed by atoms with van der Waals surface area (Å²) in [5.41, 5.74) is 1.12. The monoisotopic (exact) mass is 195 g/mol. The van der Waals surface area contributed by atoms with E-state index >= 15 is 0 Å². The van der Waals surface area contributed by atoms with E-state index in [1.165, 1.54) is 0 Å². The highest BCUT2D eigenvalue weighted by atomic mass is 16.5. The van der Waals surface area contributed by atoms with Crippen molar-refractivity contribution in [3.8, 4) is 0 Å². The van der Waals surface area contributed by atoms with Crippen LogP contribution in [0, 0.1) is 17.8 Å². The molecule has 1 saturated heterocycles. The van der Waals surface area contributed by atoms with Gasteiger partial charge in [0.2, 0.25) is 0 Å². The highest BCUT2D eigenvalue weighted by molar-refractivity contribution is 6.04. The average Bonchev–Trinajstić information content (AvgIpc) is 2.31. The normalized spacial score (nSPS) is 37.2. The lowest BCUT2D eigenvalue weighted by Crippen LogP contribution is -2.28. The average molecular weight is 195 g/mol. The Morgan fingerprint density at radius 2 is 2.07 bits per heavy atom. The highest BCUT2D eigenvalue weighted by Crippen LogP contribution is 2.39. The van der Waals surface area contributed by atoms with Gasteiger partial charge in [0.05, 0.1) is 11.8 Å². The molecule has 0 aromatic carbocycles. The zero-order valence-electron chi connectivity index (χ0n) is 8.23. The number of carbonyl (C=O) groups is 2. The fourth-order valence-electron chi connectivity index (χ4n) is 2.51. The Kier molecular flexibility index (Phi) is 1.96. The molecule has 0 spiro atoms. The summed E-state index contributed by atoms with van der Waals surface area (Å²) in [7, 11) is 0. The summed E-state index contributed by atoms with van der Waals surface area (Å²) in [5, 5.41) is 9.50. The summed E-state index contributed by atoms with van der Waals surface area (Å²) in [6.07, 6.45) is 2.60. The van der Waals surface area contributed by atoms with Crippen LogP contribution in [0.3, 0.4) is 0 Å². The number of hydrogen-bond donors (Lipinski definition) is 1. The molecular formula is C10H13NO3. The molecule has 2 aliphatic rings. The Morgan fingerprint density at radius 3 is 2.71 bits per heavy atom. The van der Waals surface area contributed by atoms with E-state index in [2.05, 4.69) is 0 Å². The zero-order chi connectivity index (χ0) is 10.5. The number of nitrogens with zero attached hydrogens (tertiary/aromatic N) is 1. The van der Waals surface area contributed by atoms with E-state index in [4.69, 9.17) is 0 Å². The van der Waals surface area contributed by atoms with Crippen LogP contribution < -0.4 is 0 Å². The third-order valence-electron chi connectivity index (χ3n) is 3.11. The van der Waals surface area contributed by atoms with Gasteiger partial charge in [0, 0.05) is 0 Å². The molecule has 0 aromatic rings. The van der Waals surface area contributed by atoms with E-state index in [0.29, 0.717) is 6.42 Å². The number of rotatable bonds is 0. The number of allylic oxidation sites excluding steroid dienone is 2. The van der Waals surface area contributed by atoms with Crippen LogP contribution in [0.4, 0.5) is 0 Å². The molecule has 2 rings (SSSR count). The fourth-order valence-corrected chi connectivity index (χ4v) is 2.51. The van der Waals surface area contributed by atoms with Crippen molar-refractivity contribution in [3.63, 3.8) is 0 Å². The summed E-state index contributed by atoms with van der Waals surface area (Å²) in [5.74, 6) is -1.54. The first-order valence-corrected chi connectivity index (χ1v) is 4.76. The van der Waals surface area contributed by atoms with E-state index in [0.717, 1.165) is 5.57 Å². The van der Waals surface area contributed by atoms with Crippen LogP contribution in [0.25, 0.3) is 0 Å². The van der Waals surface area contributed by atoms with Gasteiger partial charge in [0.25, 0.3) is 11.8 Å². The molecule has 76 valence electrons. The molecule has 0 unspecified atom stereocenters. The lowest BCUT2D eigenvalue weighted by Gasteiger charge is -2.25. The van der Waals surface area contributed by atoms with Crippen molar-refractivity contribution in [2.45, 2.75) is 20.3 Å². The van der Waals surface area contributed by atoms with Crippen molar-refractivity contribution < 1.29 is 14.8 Å². The maximum atomic E-state index is 11.5. The van der Waals surface area contributed by atoms with Gasteiger partial charge in [-0.2, -0.15) is 5.06 Å². The quantitative estimate of drug-likeness (QED) is 0.356. The number of carbonyl (C=O) groups excluding carboxylic acids is 2. The second-order valence-electron chi connectivity index (χ2n) is 4.20. The van der Waals surface area contributed by atoms with Crippen LogP contribution in [0.15, 0.2) is 11.6 Å². The number of hydroxylamine groups is 2. The minimum Gasteiger partial charge on any atom is -0.278 e. The van der Waals surface area contributed by atoms with Crippen LogP contribution >= 0.6 is 0 Å². The largest absolute Gasteiger partial charge is 0.278 e. The summed E-state index contributed by atoms with van der Waals surface area (Å²) in [4.78, 5) is 23.0. The molecule has 0 aromatic heterocycles.